The normalized spacial score (nSPS) is 11.5. The lowest BCUT2D eigenvalue weighted by molar-refractivity contribution is 0.104. The Balaban J connectivity index is 1.16. The van der Waals surface area contributed by atoms with E-state index < -0.39 is 0 Å². The van der Waals surface area contributed by atoms with Gasteiger partial charge in [-0.15, -0.1) is 0 Å². The number of hydrogen-bond donors (Lipinski definition) is 3. The first-order valence-corrected chi connectivity index (χ1v) is 17.4. The Morgan fingerprint density at radius 3 is 1.35 bits per heavy atom. The van der Waals surface area contributed by atoms with E-state index in [-0.39, 0.29) is 30.5 Å². The van der Waals surface area contributed by atoms with Crippen molar-refractivity contribution in [3.63, 3.8) is 0 Å². The summed E-state index contributed by atoms with van der Waals surface area (Å²) in [6, 6.07) is 54.1. The van der Waals surface area contributed by atoms with Crippen LogP contribution in [0.15, 0.2) is 164 Å². The van der Waals surface area contributed by atoms with Crippen LogP contribution in [0, 0.1) is 0 Å². The van der Waals surface area contributed by atoms with Crippen molar-refractivity contribution in [2.24, 2.45) is 0 Å². The lowest BCUT2D eigenvalue weighted by atomic mass is 9.86. The predicted molar refractivity (Wildman–Crippen MR) is 213 cm³/mol. The molecule has 0 unspecified atom stereocenters. The van der Waals surface area contributed by atoms with E-state index in [2.05, 4.69) is 48.5 Å². The molecule has 0 amide bonds. The summed E-state index contributed by atoms with van der Waals surface area (Å²) in [6.45, 7) is 0.191. The average Bonchev–Trinajstić information content (AvgIpc) is 3.19. The number of ether oxygens (including phenoxy) is 1. The Bertz CT molecular complexity index is 2800. The molecule has 0 fully saturated rings. The number of hydrogen-bond acceptors (Lipinski definition) is 4. The summed E-state index contributed by atoms with van der Waals surface area (Å²) in [4.78, 5) is 0. The molecule has 9 aromatic carbocycles. The zero-order chi connectivity index (χ0) is 35.2. The summed E-state index contributed by atoms with van der Waals surface area (Å²) in [7, 11) is 0. The van der Waals surface area contributed by atoms with Gasteiger partial charge in [0, 0.05) is 33.4 Å². The first-order chi connectivity index (χ1) is 25.6. The van der Waals surface area contributed by atoms with Gasteiger partial charge in [0.25, 0.3) is 0 Å². The molecule has 0 heterocycles. The van der Waals surface area contributed by atoms with Gasteiger partial charge in [0.1, 0.15) is 17.2 Å². The molecule has 0 spiro atoms. The van der Waals surface area contributed by atoms with E-state index in [9.17, 15) is 15.3 Å². The largest absolute Gasteiger partial charge is 0.507 e. The molecule has 9 rings (SSSR count). The molecule has 0 aliphatic heterocycles. The fourth-order valence-electron chi connectivity index (χ4n) is 7.71. The molecule has 0 saturated heterocycles. The molecule has 0 aliphatic rings. The Hall–Kier alpha value is -6.62. The zero-order valence-electron chi connectivity index (χ0n) is 28.3. The molecule has 0 aromatic heterocycles. The Morgan fingerprint density at radius 2 is 0.788 bits per heavy atom. The average molecular weight is 675 g/mol. The molecule has 0 aliphatic carbocycles. The van der Waals surface area contributed by atoms with Gasteiger partial charge >= 0.3 is 0 Å². The van der Waals surface area contributed by atoms with Crippen molar-refractivity contribution in [3.8, 4) is 50.6 Å². The van der Waals surface area contributed by atoms with Crippen LogP contribution in [0.2, 0.25) is 0 Å². The first kappa shape index (κ1) is 31.4. The van der Waals surface area contributed by atoms with Crippen LogP contribution in [0.25, 0.3) is 76.5 Å². The van der Waals surface area contributed by atoms with Crippen LogP contribution >= 0.6 is 0 Å². The molecule has 4 nitrogen and oxygen atoms in total. The van der Waals surface area contributed by atoms with Gasteiger partial charge in [-0.1, -0.05) is 146 Å². The van der Waals surface area contributed by atoms with E-state index in [1.54, 1.807) is 6.07 Å². The van der Waals surface area contributed by atoms with Gasteiger partial charge in [0.05, 0.1) is 13.2 Å². The number of benzene rings is 9. The summed E-state index contributed by atoms with van der Waals surface area (Å²) in [5.41, 5.74) is 6.19. The molecule has 0 saturated carbocycles. The van der Waals surface area contributed by atoms with Gasteiger partial charge in [-0.2, -0.15) is 0 Å². The standard InChI is InChI=1S/C48H34O4/c49-42-25-23-32-15-5-9-19-38(32)44(42)46-40-21-11-7-17-34(40)27-36(48(46)51)29-52-28-35-26-33-16-6-10-20-39(33)45(47(35)50)43-37-18-8-4-14-31(37)22-24-41(43)30-12-2-1-3-13-30/h1-27,49-51H,28-29H2. The predicted octanol–water partition coefficient (Wildman–Crippen LogP) is 12.1. The van der Waals surface area contributed by atoms with Gasteiger partial charge in [-0.25, -0.2) is 0 Å². The Labute approximate surface area is 301 Å². The number of phenols is 3. The lowest BCUT2D eigenvalue weighted by Crippen LogP contribution is -1.99. The number of aromatic hydroxyl groups is 3. The van der Waals surface area contributed by atoms with E-state index in [1.807, 2.05) is 109 Å². The second kappa shape index (κ2) is 12.9. The topological polar surface area (TPSA) is 69.9 Å². The fourth-order valence-corrected chi connectivity index (χ4v) is 7.71. The van der Waals surface area contributed by atoms with E-state index in [1.165, 1.54) is 0 Å². The van der Waals surface area contributed by atoms with Crippen molar-refractivity contribution >= 4 is 43.1 Å². The maximum atomic E-state index is 12.2. The fraction of sp³-hybridized carbons (Fsp3) is 0.0417. The van der Waals surface area contributed by atoms with Crippen molar-refractivity contribution in [1.29, 1.82) is 0 Å². The van der Waals surface area contributed by atoms with Crippen LogP contribution in [0.4, 0.5) is 0 Å². The van der Waals surface area contributed by atoms with Crippen LogP contribution in [-0.2, 0) is 18.0 Å². The quantitative estimate of drug-likeness (QED) is 0.157. The molecule has 52 heavy (non-hydrogen) atoms. The highest BCUT2D eigenvalue weighted by Crippen LogP contribution is 2.48. The summed E-state index contributed by atoms with van der Waals surface area (Å²) in [5.74, 6) is 0.308. The lowest BCUT2D eigenvalue weighted by Gasteiger charge is -2.20. The van der Waals surface area contributed by atoms with Crippen molar-refractivity contribution in [1.82, 2.24) is 0 Å². The minimum atomic E-state index is 0.0528. The minimum absolute atomic E-state index is 0.0528. The van der Waals surface area contributed by atoms with E-state index >= 15 is 0 Å². The summed E-state index contributed by atoms with van der Waals surface area (Å²) >= 11 is 0. The zero-order valence-corrected chi connectivity index (χ0v) is 28.3. The molecule has 0 atom stereocenters. The SMILES string of the molecule is Oc1ccc2ccccc2c1-c1c(O)c(COCc2cc3ccccc3c(-c3c(-c4ccccc4)ccc4ccccc34)c2O)cc2ccccc12. The van der Waals surface area contributed by atoms with Gasteiger partial charge in [0.2, 0.25) is 0 Å². The molecular formula is C48H34O4. The summed E-state index contributed by atoms with van der Waals surface area (Å²) in [6.07, 6.45) is 0. The van der Waals surface area contributed by atoms with Crippen LogP contribution in [-0.4, -0.2) is 15.3 Å². The maximum Gasteiger partial charge on any atom is 0.129 e. The highest BCUT2D eigenvalue weighted by molar-refractivity contribution is 6.13. The van der Waals surface area contributed by atoms with Gasteiger partial charge in [0.15, 0.2) is 0 Å². The van der Waals surface area contributed by atoms with Crippen molar-refractivity contribution in [2.45, 2.75) is 13.2 Å². The second-order valence-corrected chi connectivity index (χ2v) is 13.2. The molecule has 0 bridgehead atoms. The van der Waals surface area contributed by atoms with E-state index in [0.717, 1.165) is 65.3 Å². The smallest absolute Gasteiger partial charge is 0.129 e. The molecule has 3 N–H and O–H groups in total. The highest BCUT2D eigenvalue weighted by Gasteiger charge is 2.22. The van der Waals surface area contributed by atoms with Gasteiger partial charge < -0.3 is 20.1 Å². The second-order valence-electron chi connectivity index (χ2n) is 13.2. The van der Waals surface area contributed by atoms with E-state index in [4.69, 9.17) is 4.74 Å². The highest BCUT2D eigenvalue weighted by atomic mass is 16.5. The first-order valence-electron chi connectivity index (χ1n) is 17.4. The minimum Gasteiger partial charge on any atom is -0.507 e. The molecule has 250 valence electrons. The molecule has 9 aromatic rings. The maximum absolute atomic E-state index is 12.2. The van der Waals surface area contributed by atoms with E-state index in [0.29, 0.717) is 22.3 Å². The van der Waals surface area contributed by atoms with Gasteiger partial charge in [-0.3, -0.25) is 0 Å². The van der Waals surface area contributed by atoms with Crippen LogP contribution in [0.1, 0.15) is 11.1 Å². The van der Waals surface area contributed by atoms with Gasteiger partial charge in [-0.05, 0) is 72.4 Å². The number of rotatable bonds is 7. The summed E-state index contributed by atoms with van der Waals surface area (Å²) in [5, 5.41) is 43.0. The van der Waals surface area contributed by atoms with Crippen molar-refractivity contribution in [3.05, 3.63) is 175 Å². The molecular weight excluding hydrogens is 641 g/mol. The Morgan fingerprint density at radius 1 is 0.365 bits per heavy atom. The van der Waals surface area contributed by atoms with Crippen molar-refractivity contribution in [2.75, 3.05) is 0 Å². The number of fused-ring (bicyclic) bond motifs is 4. The third kappa shape index (κ3) is 5.29. The third-order valence-corrected chi connectivity index (χ3v) is 10.1. The molecule has 4 heteroatoms. The van der Waals surface area contributed by atoms with Crippen LogP contribution in [0.5, 0.6) is 17.2 Å². The van der Waals surface area contributed by atoms with Crippen LogP contribution in [0.3, 0.4) is 0 Å². The number of phenolic OH excluding ortho intramolecular Hbond substituents is 3. The Kier molecular flexibility index (Phi) is 7.80. The molecule has 0 radical (unpaired) electrons. The summed E-state index contributed by atoms with van der Waals surface area (Å²) < 4.78 is 6.38. The van der Waals surface area contributed by atoms with Crippen LogP contribution < -0.4 is 0 Å². The monoisotopic (exact) mass is 674 g/mol. The van der Waals surface area contributed by atoms with Crippen molar-refractivity contribution < 1.29 is 20.1 Å². The third-order valence-electron chi connectivity index (χ3n) is 10.1.